The highest BCUT2D eigenvalue weighted by molar-refractivity contribution is 8.00. The van der Waals surface area contributed by atoms with Crippen LogP contribution < -0.4 is 0 Å². The van der Waals surface area contributed by atoms with E-state index in [1.165, 1.54) is 0 Å². The highest BCUT2D eigenvalue weighted by atomic mass is 32.2. The molecule has 68 valence electrons. The Morgan fingerprint density at radius 3 is 1.91 bits per heavy atom. The number of aliphatic hydroxyl groups is 3. The molecule has 0 aliphatic carbocycles. The lowest BCUT2D eigenvalue weighted by atomic mass is 10.1. The molecule has 0 heterocycles. The molecule has 0 aliphatic rings. The Labute approximate surface area is 77.3 Å². The van der Waals surface area contributed by atoms with E-state index in [0.29, 0.717) is 6.42 Å². The van der Waals surface area contributed by atoms with Crippen molar-refractivity contribution >= 4 is 25.3 Å². The third-order valence-corrected chi connectivity index (χ3v) is 2.13. The fourth-order valence-corrected chi connectivity index (χ4v) is 0.815. The number of thiol groups is 2. The van der Waals surface area contributed by atoms with Crippen molar-refractivity contribution in [3.63, 3.8) is 0 Å². The Morgan fingerprint density at radius 1 is 1.18 bits per heavy atom. The van der Waals surface area contributed by atoms with Crippen LogP contribution in [-0.2, 0) is 0 Å². The molecule has 0 atom stereocenters. The van der Waals surface area contributed by atoms with Gasteiger partial charge in [-0.2, -0.15) is 0 Å². The summed E-state index contributed by atoms with van der Waals surface area (Å²) in [6.45, 7) is 1.91. The van der Waals surface area contributed by atoms with Gasteiger partial charge in [-0.3, -0.25) is 0 Å². The minimum atomic E-state index is -2.23. The van der Waals surface area contributed by atoms with E-state index in [1.54, 1.807) is 0 Å². The number of rotatable bonds is 4. The van der Waals surface area contributed by atoms with Gasteiger partial charge in [-0.05, 0) is 6.42 Å². The molecule has 0 aliphatic heterocycles. The average Bonchev–Trinajstić information content (AvgIpc) is 1.81. The monoisotopic (exact) mass is 198 g/mol. The predicted octanol–water partition coefficient (Wildman–Crippen LogP) is 0.363. The van der Waals surface area contributed by atoms with Crippen molar-refractivity contribution in [2.24, 2.45) is 0 Å². The fraction of sp³-hybridized carbons (Fsp3) is 1.00. The molecule has 3 N–H and O–H groups in total. The van der Waals surface area contributed by atoms with E-state index >= 15 is 0 Å². The lowest BCUT2D eigenvalue weighted by molar-refractivity contribution is -0.213. The van der Waals surface area contributed by atoms with Crippen molar-refractivity contribution in [3.8, 4) is 0 Å². The second-order valence-corrected chi connectivity index (χ2v) is 4.20. The van der Waals surface area contributed by atoms with Crippen molar-refractivity contribution in [3.05, 3.63) is 0 Å². The van der Waals surface area contributed by atoms with E-state index < -0.39 is 10.1 Å². The van der Waals surface area contributed by atoms with Gasteiger partial charge in [0.15, 0.2) is 0 Å². The highest BCUT2D eigenvalue weighted by Crippen LogP contribution is 2.31. The molecule has 0 rings (SSSR count). The zero-order valence-corrected chi connectivity index (χ0v) is 8.15. The molecule has 11 heavy (non-hydrogen) atoms. The molecule has 0 fully saturated rings. The van der Waals surface area contributed by atoms with Crippen LogP contribution in [0.2, 0.25) is 0 Å². The van der Waals surface area contributed by atoms with Crippen LogP contribution in [0.3, 0.4) is 0 Å². The second-order valence-electron chi connectivity index (χ2n) is 2.56. The molecule has 0 aromatic rings. The summed E-state index contributed by atoms with van der Waals surface area (Å²) in [5.41, 5.74) is 0. The zero-order chi connectivity index (χ0) is 9.12. The number of unbranched alkanes of at least 4 members (excludes halogenated alkanes) is 1. The van der Waals surface area contributed by atoms with Crippen molar-refractivity contribution in [1.82, 2.24) is 0 Å². The molecule has 0 unspecified atom stereocenters. The first-order valence-electron chi connectivity index (χ1n) is 3.43. The Kier molecular flexibility index (Phi) is 4.21. The first kappa shape index (κ1) is 11.6. The van der Waals surface area contributed by atoms with Gasteiger partial charge in [-0.15, -0.1) is 25.3 Å². The van der Waals surface area contributed by atoms with Crippen LogP contribution in [0.4, 0.5) is 0 Å². The lowest BCUT2D eigenvalue weighted by Gasteiger charge is -2.31. The summed E-state index contributed by atoms with van der Waals surface area (Å²) in [4.78, 5) is 0. The minimum absolute atomic E-state index is 0.0625. The van der Waals surface area contributed by atoms with Gasteiger partial charge in [0.05, 0.1) is 0 Å². The van der Waals surface area contributed by atoms with E-state index in [4.69, 9.17) is 15.3 Å². The molecular formula is C6H14O3S2. The molecule has 0 aromatic carbocycles. The van der Waals surface area contributed by atoms with E-state index in [0.717, 1.165) is 6.42 Å². The summed E-state index contributed by atoms with van der Waals surface area (Å²) in [6, 6.07) is 0. The maximum atomic E-state index is 9.13. The van der Waals surface area contributed by atoms with E-state index in [-0.39, 0.29) is 6.42 Å². The van der Waals surface area contributed by atoms with E-state index in [9.17, 15) is 0 Å². The van der Waals surface area contributed by atoms with Crippen LogP contribution in [0.5, 0.6) is 0 Å². The van der Waals surface area contributed by atoms with Gasteiger partial charge in [0.1, 0.15) is 0 Å². The first-order chi connectivity index (χ1) is 4.81. The summed E-state index contributed by atoms with van der Waals surface area (Å²) in [7, 11) is 0. The summed E-state index contributed by atoms with van der Waals surface area (Å²) >= 11 is 7.06. The smallest absolute Gasteiger partial charge is 0.212 e. The van der Waals surface area contributed by atoms with Crippen molar-refractivity contribution in [2.75, 3.05) is 0 Å². The zero-order valence-electron chi connectivity index (χ0n) is 6.36. The Hall–Kier alpha value is 0.580. The Balaban J connectivity index is 4.00. The molecule has 0 radical (unpaired) electrons. The molecule has 0 amide bonds. The molecule has 0 spiro atoms. The van der Waals surface area contributed by atoms with Crippen LogP contribution >= 0.6 is 25.3 Å². The van der Waals surface area contributed by atoms with Gasteiger partial charge < -0.3 is 15.3 Å². The molecule has 0 aromatic heterocycles. The SMILES string of the molecule is CCCCC(O)(O)C(O)(S)S. The third-order valence-electron chi connectivity index (χ3n) is 1.42. The minimum Gasteiger partial charge on any atom is -0.366 e. The maximum absolute atomic E-state index is 9.13. The van der Waals surface area contributed by atoms with Gasteiger partial charge in [0.2, 0.25) is 10.1 Å². The fourth-order valence-electron chi connectivity index (χ4n) is 0.591. The average molecular weight is 198 g/mol. The van der Waals surface area contributed by atoms with Gasteiger partial charge in [0, 0.05) is 6.42 Å². The second kappa shape index (κ2) is 4.00. The third kappa shape index (κ3) is 3.66. The van der Waals surface area contributed by atoms with Crippen molar-refractivity contribution in [2.45, 2.75) is 36.2 Å². The first-order valence-corrected chi connectivity index (χ1v) is 4.32. The maximum Gasteiger partial charge on any atom is 0.212 e. The quantitative estimate of drug-likeness (QED) is 0.335. The molecule has 0 bridgehead atoms. The lowest BCUT2D eigenvalue weighted by Crippen LogP contribution is -2.46. The molecule has 0 saturated carbocycles. The van der Waals surface area contributed by atoms with Crippen LogP contribution in [0, 0.1) is 0 Å². The highest BCUT2D eigenvalue weighted by Gasteiger charge is 2.41. The number of hydrogen-bond donors (Lipinski definition) is 5. The van der Waals surface area contributed by atoms with Gasteiger partial charge in [0.25, 0.3) is 0 Å². The predicted molar refractivity (Wildman–Crippen MR) is 49.6 cm³/mol. The summed E-state index contributed by atoms with van der Waals surface area (Å²) in [5, 5.41) is 27.3. The van der Waals surface area contributed by atoms with Crippen molar-refractivity contribution in [1.29, 1.82) is 0 Å². The standard InChI is InChI=1S/C6H14O3S2/c1-2-3-4-5(7,8)6(9,10)11/h7-11H,2-4H2,1H3. The largest absolute Gasteiger partial charge is 0.366 e. The van der Waals surface area contributed by atoms with Crippen LogP contribution in [-0.4, -0.2) is 25.4 Å². The normalized spacial score (nSPS) is 13.6. The van der Waals surface area contributed by atoms with Crippen LogP contribution in [0.1, 0.15) is 26.2 Å². The van der Waals surface area contributed by atoms with Gasteiger partial charge in [-0.25, -0.2) is 0 Å². The summed E-state index contributed by atoms with van der Waals surface area (Å²) in [6.07, 6.45) is 1.49. The Bertz CT molecular complexity index is 119. The van der Waals surface area contributed by atoms with Gasteiger partial charge in [-0.1, -0.05) is 13.3 Å². The summed E-state index contributed by atoms with van der Waals surface area (Å²) in [5.74, 6) is -2.23. The van der Waals surface area contributed by atoms with Crippen molar-refractivity contribution < 1.29 is 15.3 Å². The molecule has 5 heteroatoms. The molecule has 3 nitrogen and oxygen atoms in total. The van der Waals surface area contributed by atoms with Crippen LogP contribution in [0.25, 0.3) is 0 Å². The Morgan fingerprint density at radius 2 is 1.64 bits per heavy atom. The topological polar surface area (TPSA) is 60.7 Å². The molecule has 0 saturated heterocycles. The van der Waals surface area contributed by atoms with Gasteiger partial charge >= 0.3 is 0 Å². The van der Waals surface area contributed by atoms with E-state index in [2.05, 4.69) is 25.3 Å². The summed E-state index contributed by atoms with van der Waals surface area (Å²) < 4.78 is -2.05. The van der Waals surface area contributed by atoms with Crippen LogP contribution in [0.15, 0.2) is 0 Å². The van der Waals surface area contributed by atoms with E-state index in [1.807, 2.05) is 6.92 Å². The molecular weight excluding hydrogens is 184 g/mol. The number of hydrogen-bond acceptors (Lipinski definition) is 5.